The van der Waals surface area contributed by atoms with Crippen molar-refractivity contribution in [2.24, 2.45) is 5.92 Å². The van der Waals surface area contributed by atoms with Crippen LogP contribution in [0.2, 0.25) is 5.02 Å². The molecule has 2 saturated heterocycles. The fourth-order valence-corrected chi connectivity index (χ4v) is 6.34. The number of aromatic nitrogens is 1. The lowest BCUT2D eigenvalue weighted by Crippen LogP contribution is -2.55. The standard InChI is InChI=1S/C26H29ClN4O/c1-29-16-18(13-22-21-3-2-4-23-25(21)17(15-28-23)14-24(22)29)26(32)31-11-9-30(10-12-31)20-7-5-19(27)6-8-20/h2-8,15,18,22,24,28H,9-14,16H2,1H3/t18-,22-,24-/m1/s1. The van der Waals surface area contributed by atoms with Crippen LogP contribution in [0, 0.1) is 5.92 Å². The number of H-pyrrole nitrogens is 1. The fourth-order valence-electron chi connectivity index (χ4n) is 6.22. The quantitative estimate of drug-likeness (QED) is 0.641. The van der Waals surface area contributed by atoms with Crippen LogP contribution in [0.3, 0.4) is 0 Å². The highest BCUT2D eigenvalue weighted by atomic mass is 35.5. The van der Waals surface area contributed by atoms with Crippen LogP contribution in [-0.4, -0.2) is 66.5 Å². The molecule has 1 aliphatic carbocycles. The molecular weight excluding hydrogens is 420 g/mol. The lowest BCUT2D eigenvalue weighted by molar-refractivity contribution is -0.138. The molecule has 3 heterocycles. The van der Waals surface area contributed by atoms with Gasteiger partial charge in [-0.2, -0.15) is 0 Å². The Morgan fingerprint density at radius 1 is 1.06 bits per heavy atom. The Balaban J connectivity index is 1.17. The van der Waals surface area contributed by atoms with Crippen LogP contribution in [0.25, 0.3) is 10.9 Å². The molecule has 0 bridgehead atoms. The Hall–Kier alpha value is -2.50. The van der Waals surface area contributed by atoms with Gasteiger partial charge in [0.2, 0.25) is 5.91 Å². The van der Waals surface area contributed by atoms with Crippen LogP contribution in [-0.2, 0) is 11.2 Å². The van der Waals surface area contributed by atoms with Gasteiger partial charge in [-0.3, -0.25) is 4.79 Å². The number of rotatable bonds is 2. The molecule has 2 aliphatic heterocycles. The molecule has 0 spiro atoms. The summed E-state index contributed by atoms with van der Waals surface area (Å²) >= 11 is 6.03. The number of likely N-dealkylation sites (N-methyl/N-ethyl adjacent to an activating group) is 1. The lowest BCUT2D eigenvalue weighted by atomic mass is 9.72. The van der Waals surface area contributed by atoms with Gasteiger partial charge in [0.05, 0.1) is 5.92 Å². The minimum absolute atomic E-state index is 0.0686. The minimum atomic E-state index is 0.0686. The Kier molecular flexibility index (Phi) is 4.92. The van der Waals surface area contributed by atoms with Gasteiger partial charge < -0.3 is 19.7 Å². The number of amides is 1. The molecular formula is C26H29ClN4O. The van der Waals surface area contributed by atoms with Crippen molar-refractivity contribution in [3.05, 3.63) is 64.8 Å². The van der Waals surface area contributed by atoms with Crippen molar-refractivity contribution in [3.63, 3.8) is 0 Å². The Morgan fingerprint density at radius 3 is 2.62 bits per heavy atom. The van der Waals surface area contributed by atoms with Crippen molar-refractivity contribution in [1.82, 2.24) is 14.8 Å². The smallest absolute Gasteiger partial charge is 0.227 e. The third-order valence-electron chi connectivity index (χ3n) is 7.86. The number of benzene rings is 2. The normalized spacial score (nSPS) is 25.8. The van der Waals surface area contributed by atoms with Gasteiger partial charge in [-0.1, -0.05) is 23.7 Å². The molecule has 1 aromatic heterocycles. The van der Waals surface area contributed by atoms with Crippen LogP contribution >= 0.6 is 11.6 Å². The average Bonchev–Trinajstić information content (AvgIpc) is 3.24. The maximum absolute atomic E-state index is 13.6. The summed E-state index contributed by atoms with van der Waals surface area (Å²) in [5, 5.41) is 2.15. The third kappa shape index (κ3) is 3.30. The summed E-state index contributed by atoms with van der Waals surface area (Å²) in [6.45, 7) is 4.16. The highest BCUT2D eigenvalue weighted by Crippen LogP contribution is 2.44. The summed E-state index contributed by atoms with van der Waals surface area (Å²) in [4.78, 5) is 23.9. The first-order valence-corrected chi connectivity index (χ1v) is 12.0. The number of nitrogens with zero attached hydrogens (tertiary/aromatic N) is 3. The molecule has 0 radical (unpaired) electrons. The number of aromatic amines is 1. The molecule has 6 heteroatoms. The van der Waals surface area contributed by atoms with Gasteiger partial charge in [0.15, 0.2) is 0 Å². The molecule has 1 amide bonds. The molecule has 2 aromatic carbocycles. The highest BCUT2D eigenvalue weighted by molar-refractivity contribution is 6.30. The van der Waals surface area contributed by atoms with Crippen molar-refractivity contribution < 1.29 is 4.79 Å². The monoisotopic (exact) mass is 448 g/mol. The lowest BCUT2D eigenvalue weighted by Gasteiger charge is -2.46. The molecule has 1 N–H and O–H groups in total. The largest absolute Gasteiger partial charge is 0.368 e. The second-order valence-corrected chi connectivity index (χ2v) is 10.1. The van der Waals surface area contributed by atoms with Crippen molar-refractivity contribution in [2.45, 2.75) is 24.8 Å². The molecule has 2 fully saturated rings. The number of nitrogens with one attached hydrogen (secondary N) is 1. The fraction of sp³-hybridized carbons (Fsp3) is 0.423. The van der Waals surface area contributed by atoms with Gasteiger partial charge in [-0.05, 0) is 61.3 Å². The van der Waals surface area contributed by atoms with Crippen molar-refractivity contribution in [1.29, 1.82) is 0 Å². The van der Waals surface area contributed by atoms with Crippen LogP contribution < -0.4 is 4.90 Å². The van der Waals surface area contributed by atoms with E-state index in [1.54, 1.807) is 0 Å². The van der Waals surface area contributed by atoms with Crippen LogP contribution in [0.4, 0.5) is 5.69 Å². The molecule has 32 heavy (non-hydrogen) atoms. The van der Waals surface area contributed by atoms with E-state index < -0.39 is 0 Å². The average molecular weight is 449 g/mol. The number of anilines is 1. The number of carbonyl (C=O) groups is 1. The van der Waals surface area contributed by atoms with Crippen molar-refractivity contribution >= 4 is 34.1 Å². The molecule has 0 saturated carbocycles. The zero-order valence-corrected chi connectivity index (χ0v) is 19.2. The Labute approximate surface area is 193 Å². The predicted octanol–water partition coefficient (Wildman–Crippen LogP) is 4.13. The molecule has 0 unspecified atom stereocenters. The van der Waals surface area contributed by atoms with Gasteiger partial charge in [-0.25, -0.2) is 0 Å². The second-order valence-electron chi connectivity index (χ2n) is 9.62. The number of halogens is 1. The SMILES string of the molecule is CN1C[C@H](C(=O)N2CCN(c3ccc(Cl)cc3)CC2)C[C@@H]2c3cccc4[nH]cc(c34)C[C@H]21. The summed E-state index contributed by atoms with van der Waals surface area (Å²) in [5.41, 5.74) is 5.25. The van der Waals surface area contributed by atoms with E-state index in [1.165, 1.54) is 27.7 Å². The van der Waals surface area contributed by atoms with E-state index in [9.17, 15) is 4.79 Å². The number of hydrogen-bond acceptors (Lipinski definition) is 3. The van der Waals surface area contributed by atoms with E-state index in [-0.39, 0.29) is 5.92 Å². The third-order valence-corrected chi connectivity index (χ3v) is 8.11. The summed E-state index contributed by atoms with van der Waals surface area (Å²) in [7, 11) is 2.20. The summed E-state index contributed by atoms with van der Waals surface area (Å²) < 4.78 is 0. The molecule has 3 aromatic rings. The molecule has 3 atom stereocenters. The van der Waals surface area contributed by atoms with E-state index in [0.29, 0.717) is 17.9 Å². The molecule has 6 rings (SSSR count). The van der Waals surface area contributed by atoms with E-state index >= 15 is 0 Å². The van der Waals surface area contributed by atoms with E-state index in [1.807, 2.05) is 12.1 Å². The van der Waals surface area contributed by atoms with E-state index in [2.05, 4.69) is 63.3 Å². The molecule has 166 valence electrons. The number of fused-ring (bicyclic) bond motifs is 2. The van der Waals surface area contributed by atoms with Gasteiger partial charge in [-0.15, -0.1) is 0 Å². The van der Waals surface area contributed by atoms with Crippen LogP contribution in [0.1, 0.15) is 23.5 Å². The first-order valence-electron chi connectivity index (χ1n) is 11.7. The maximum atomic E-state index is 13.6. The zero-order valence-electron chi connectivity index (χ0n) is 18.4. The van der Waals surface area contributed by atoms with Crippen LogP contribution in [0.5, 0.6) is 0 Å². The first-order chi connectivity index (χ1) is 15.6. The Bertz CT molecular complexity index is 1150. The van der Waals surface area contributed by atoms with Gasteiger partial charge in [0.25, 0.3) is 0 Å². The number of carbonyl (C=O) groups excluding carboxylic acids is 1. The number of likely N-dealkylation sites (tertiary alicyclic amines) is 1. The van der Waals surface area contributed by atoms with E-state index in [4.69, 9.17) is 11.6 Å². The van der Waals surface area contributed by atoms with Crippen molar-refractivity contribution in [2.75, 3.05) is 44.7 Å². The first kappa shape index (κ1) is 20.1. The highest BCUT2D eigenvalue weighted by Gasteiger charge is 2.42. The number of piperazine rings is 1. The molecule has 3 aliphatic rings. The summed E-state index contributed by atoms with van der Waals surface area (Å²) in [6, 6.07) is 15.1. The summed E-state index contributed by atoms with van der Waals surface area (Å²) in [5.74, 6) is 0.822. The number of piperidine rings is 1. The van der Waals surface area contributed by atoms with Crippen LogP contribution in [0.15, 0.2) is 48.7 Å². The summed E-state index contributed by atoms with van der Waals surface area (Å²) in [6.07, 6.45) is 4.20. The van der Waals surface area contributed by atoms with Gasteiger partial charge >= 0.3 is 0 Å². The van der Waals surface area contributed by atoms with Gasteiger partial charge in [0, 0.05) is 72.5 Å². The Morgan fingerprint density at radius 2 is 1.84 bits per heavy atom. The predicted molar refractivity (Wildman–Crippen MR) is 130 cm³/mol. The topological polar surface area (TPSA) is 42.6 Å². The van der Waals surface area contributed by atoms with Crippen molar-refractivity contribution in [3.8, 4) is 0 Å². The minimum Gasteiger partial charge on any atom is -0.368 e. The molecule has 5 nitrogen and oxygen atoms in total. The maximum Gasteiger partial charge on any atom is 0.227 e. The zero-order chi connectivity index (χ0) is 21.8. The van der Waals surface area contributed by atoms with Gasteiger partial charge in [0.1, 0.15) is 0 Å². The number of hydrogen-bond donors (Lipinski definition) is 1. The van der Waals surface area contributed by atoms with E-state index in [0.717, 1.165) is 50.6 Å². The second kappa shape index (κ2) is 7.82.